The number of ether oxygens (including phenoxy) is 2. The van der Waals surface area contributed by atoms with Gasteiger partial charge in [-0.1, -0.05) is 0 Å². The van der Waals surface area contributed by atoms with Gasteiger partial charge in [-0.2, -0.15) is 0 Å². The van der Waals surface area contributed by atoms with Gasteiger partial charge in [-0.3, -0.25) is 0 Å². The van der Waals surface area contributed by atoms with Gasteiger partial charge in [0.2, 0.25) is 0 Å². The van der Waals surface area contributed by atoms with Gasteiger partial charge in [0.1, 0.15) is 0 Å². The molecular formula is C8H15O2P. The fraction of sp³-hybridized carbons (Fsp3) is 1.00. The van der Waals surface area contributed by atoms with Crippen molar-refractivity contribution in [3.8, 4) is 0 Å². The minimum absolute atomic E-state index is 0.348. The highest BCUT2D eigenvalue weighted by Gasteiger charge is 2.30. The Morgan fingerprint density at radius 1 is 1.27 bits per heavy atom. The predicted octanol–water partition coefficient (Wildman–Crippen LogP) is 1.20. The fourth-order valence-electron chi connectivity index (χ4n) is 1.32. The molecule has 11 heavy (non-hydrogen) atoms. The summed E-state index contributed by atoms with van der Waals surface area (Å²) in [5.74, 6) is 0. The van der Waals surface area contributed by atoms with Crippen LogP contribution in [0.1, 0.15) is 19.3 Å². The molecule has 0 radical (unpaired) electrons. The van der Waals surface area contributed by atoms with Crippen LogP contribution in [-0.4, -0.2) is 31.1 Å². The van der Waals surface area contributed by atoms with Crippen LogP contribution in [0, 0.1) is 0 Å². The molecule has 64 valence electrons. The maximum absolute atomic E-state index is 5.77. The minimum Gasteiger partial charge on any atom is -0.379 e. The first-order valence-electron chi connectivity index (χ1n) is 4.35. The molecule has 2 unspecified atom stereocenters. The van der Waals surface area contributed by atoms with Crippen LogP contribution in [-0.2, 0) is 9.47 Å². The van der Waals surface area contributed by atoms with Crippen molar-refractivity contribution < 1.29 is 9.47 Å². The zero-order valence-electron chi connectivity index (χ0n) is 6.66. The van der Waals surface area contributed by atoms with E-state index in [2.05, 4.69) is 9.24 Å². The molecule has 1 aliphatic carbocycles. The quantitative estimate of drug-likeness (QED) is 0.585. The van der Waals surface area contributed by atoms with E-state index in [1.165, 1.54) is 12.8 Å². The Kier molecular flexibility index (Phi) is 2.45. The van der Waals surface area contributed by atoms with Crippen LogP contribution in [0.25, 0.3) is 0 Å². The Morgan fingerprint density at radius 3 is 2.73 bits per heavy atom. The first kappa shape index (κ1) is 7.97. The van der Waals surface area contributed by atoms with E-state index in [1.54, 1.807) is 0 Å². The lowest BCUT2D eigenvalue weighted by molar-refractivity contribution is -0.0529. The number of hydrogen-bond acceptors (Lipinski definition) is 2. The third kappa shape index (κ3) is 2.14. The predicted molar refractivity (Wildman–Crippen MR) is 46.8 cm³/mol. The van der Waals surface area contributed by atoms with E-state index in [0.717, 1.165) is 19.6 Å². The maximum atomic E-state index is 5.77. The van der Waals surface area contributed by atoms with Crippen molar-refractivity contribution in [1.29, 1.82) is 0 Å². The maximum Gasteiger partial charge on any atom is 0.0875 e. The van der Waals surface area contributed by atoms with Gasteiger partial charge in [0, 0.05) is 12.3 Å². The normalized spacial score (nSPS) is 39.0. The summed E-state index contributed by atoms with van der Waals surface area (Å²) in [6, 6.07) is 0. The van der Waals surface area contributed by atoms with Gasteiger partial charge in [-0.15, -0.1) is 9.24 Å². The van der Waals surface area contributed by atoms with E-state index in [4.69, 9.17) is 9.47 Å². The third-order valence-electron chi connectivity index (χ3n) is 2.25. The van der Waals surface area contributed by atoms with Crippen molar-refractivity contribution in [3.63, 3.8) is 0 Å². The summed E-state index contributed by atoms with van der Waals surface area (Å²) < 4.78 is 11.1. The SMILES string of the molecule is P[C@@H]1CCOCC1OC1CC1. The molecule has 2 rings (SSSR count). The average molecular weight is 174 g/mol. The van der Waals surface area contributed by atoms with Crippen LogP contribution >= 0.6 is 9.24 Å². The molecule has 2 fully saturated rings. The van der Waals surface area contributed by atoms with Crippen molar-refractivity contribution in [3.05, 3.63) is 0 Å². The molecule has 0 amide bonds. The highest BCUT2D eigenvalue weighted by atomic mass is 31.0. The van der Waals surface area contributed by atoms with E-state index in [1.807, 2.05) is 0 Å². The standard InChI is InChI=1S/C8H15O2P/c11-8-3-4-9-5-7(8)10-6-1-2-6/h6-8H,1-5,11H2/t7?,8-/m1/s1. The van der Waals surface area contributed by atoms with Gasteiger partial charge in [-0.25, -0.2) is 0 Å². The van der Waals surface area contributed by atoms with E-state index in [0.29, 0.717) is 17.9 Å². The molecule has 0 aromatic heterocycles. The van der Waals surface area contributed by atoms with Crippen LogP contribution in [0.2, 0.25) is 0 Å². The molecule has 2 aliphatic rings. The second kappa shape index (κ2) is 3.38. The lowest BCUT2D eigenvalue weighted by Gasteiger charge is -2.28. The van der Waals surface area contributed by atoms with Crippen molar-refractivity contribution in [2.24, 2.45) is 0 Å². The molecule has 2 nitrogen and oxygen atoms in total. The zero-order valence-corrected chi connectivity index (χ0v) is 7.82. The summed E-state index contributed by atoms with van der Waals surface area (Å²) in [5.41, 5.74) is 0.615. The van der Waals surface area contributed by atoms with Crippen molar-refractivity contribution in [1.82, 2.24) is 0 Å². The summed E-state index contributed by atoms with van der Waals surface area (Å²) in [6.07, 6.45) is 4.55. The molecule has 1 heterocycles. The van der Waals surface area contributed by atoms with Crippen LogP contribution in [0.5, 0.6) is 0 Å². The van der Waals surface area contributed by atoms with Crippen LogP contribution in [0.4, 0.5) is 0 Å². The average Bonchev–Trinajstić information content (AvgIpc) is 2.78. The number of rotatable bonds is 2. The van der Waals surface area contributed by atoms with Crippen LogP contribution < -0.4 is 0 Å². The second-order valence-electron chi connectivity index (χ2n) is 3.40. The zero-order chi connectivity index (χ0) is 7.68. The molecular weight excluding hydrogens is 159 g/mol. The monoisotopic (exact) mass is 174 g/mol. The Hall–Kier alpha value is 0.350. The minimum atomic E-state index is 0.348. The topological polar surface area (TPSA) is 18.5 Å². The van der Waals surface area contributed by atoms with Gasteiger partial charge in [0.25, 0.3) is 0 Å². The Morgan fingerprint density at radius 2 is 2.09 bits per heavy atom. The molecule has 0 aromatic rings. The Labute approximate surface area is 69.8 Å². The highest BCUT2D eigenvalue weighted by Crippen LogP contribution is 2.29. The van der Waals surface area contributed by atoms with Gasteiger partial charge < -0.3 is 9.47 Å². The van der Waals surface area contributed by atoms with E-state index >= 15 is 0 Å². The van der Waals surface area contributed by atoms with E-state index in [-0.39, 0.29) is 0 Å². The van der Waals surface area contributed by atoms with Crippen LogP contribution in [0.3, 0.4) is 0 Å². The largest absolute Gasteiger partial charge is 0.379 e. The lowest BCUT2D eigenvalue weighted by Crippen LogP contribution is -2.35. The number of hydrogen-bond donors (Lipinski definition) is 0. The van der Waals surface area contributed by atoms with Crippen molar-refractivity contribution in [2.45, 2.75) is 37.1 Å². The summed E-state index contributed by atoms with van der Waals surface area (Å²) >= 11 is 0. The lowest BCUT2D eigenvalue weighted by atomic mass is 10.1. The van der Waals surface area contributed by atoms with E-state index in [9.17, 15) is 0 Å². The highest BCUT2D eigenvalue weighted by molar-refractivity contribution is 7.17. The van der Waals surface area contributed by atoms with Crippen molar-refractivity contribution in [2.75, 3.05) is 13.2 Å². The molecule has 0 spiro atoms. The van der Waals surface area contributed by atoms with Gasteiger partial charge in [0.05, 0.1) is 18.8 Å². The smallest absolute Gasteiger partial charge is 0.0875 e. The molecule has 1 saturated carbocycles. The second-order valence-corrected chi connectivity index (χ2v) is 4.26. The third-order valence-corrected chi connectivity index (χ3v) is 3.01. The summed E-state index contributed by atoms with van der Waals surface area (Å²) in [5, 5.41) is 0. The first-order valence-corrected chi connectivity index (χ1v) is 5.02. The van der Waals surface area contributed by atoms with Gasteiger partial charge >= 0.3 is 0 Å². The summed E-state index contributed by atoms with van der Waals surface area (Å²) in [7, 11) is 2.86. The summed E-state index contributed by atoms with van der Waals surface area (Å²) in [4.78, 5) is 0. The summed E-state index contributed by atoms with van der Waals surface area (Å²) in [6.45, 7) is 1.70. The first-order chi connectivity index (χ1) is 5.36. The van der Waals surface area contributed by atoms with Crippen molar-refractivity contribution >= 4 is 9.24 Å². The molecule has 0 N–H and O–H groups in total. The van der Waals surface area contributed by atoms with Crippen LogP contribution in [0.15, 0.2) is 0 Å². The van der Waals surface area contributed by atoms with Gasteiger partial charge in [0.15, 0.2) is 0 Å². The van der Waals surface area contributed by atoms with Gasteiger partial charge in [-0.05, 0) is 19.3 Å². The molecule has 3 atom stereocenters. The molecule has 3 heteroatoms. The molecule has 0 bridgehead atoms. The van der Waals surface area contributed by atoms with E-state index < -0.39 is 0 Å². The molecule has 0 aromatic carbocycles. The molecule has 1 aliphatic heterocycles. The molecule has 1 saturated heterocycles. The Balaban J connectivity index is 1.78. The Bertz CT molecular complexity index is 136. The fourth-order valence-corrected chi connectivity index (χ4v) is 1.66.